The van der Waals surface area contributed by atoms with E-state index in [2.05, 4.69) is 0 Å². The van der Waals surface area contributed by atoms with Crippen molar-refractivity contribution in [2.24, 2.45) is 17.8 Å². The number of aliphatic hydroxyl groups excluding tert-OH is 2. The van der Waals surface area contributed by atoms with Crippen molar-refractivity contribution in [3.05, 3.63) is 45.7 Å². The number of fused-ring (bicyclic) bond motifs is 1. The molecule has 0 amide bonds. The summed E-state index contributed by atoms with van der Waals surface area (Å²) in [5.41, 5.74) is -3.55. The highest BCUT2D eigenvalue weighted by Crippen LogP contribution is 2.41. The monoisotopic (exact) mass is 1060 g/mol. The van der Waals surface area contributed by atoms with Gasteiger partial charge in [-0.25, -0.2) is 4.79 Å². The van der Waals surface area contributed by atoms with Crippen molar-refractivity contribution in [3.63, 3.8) is 0 Å². The number of cyclic esters (lactones) is 1. The molecule has 3 aliphatic rings. The molecule has 1 aromatic heterocycles. The molecule has 0 saturated carbocycles. The van der Waals surface area contributed by atoms with Gasteiger partial charge in [0.15, 0.2) is 12.6 Å². The van der Waals surface area contributed by atoms with E-state index in [4.69, 9.17) is 37.9 Å². The average molecular weight is 1060 g/mol. The summed E-state index contributed by atoms with van der Waals surface area (Å²) in [4.78, 5) is 43.4. The largest absolute Gasteiger partial charge is 0.477 e. The standard InChI is InChI=1S/C56H93N3O16/c1-16-22-59-31-40(51(63)64)45(60)39-27-38(20-21-41(39)59)19-18-23-69-24-25-70-50-37(8)72-44(29-55(50,10)68-15)74-47-34(5)49(75-53-46(61)42(57(12)13)26-33(4)71-53)54(9,66)28-32(3)30-58(14)36(7)48(62)56(11,67)43(17-2)73-52(65)35(47)6/h20-21,27,31-37,42-44,46-50,53,61-62,66-67H,16-19,22-26,28-30H2,1-15H3,(H,63,64)/t32-,33-,34+,35-,36-,37+,42+,43-,44?,46-,47+,48+,49-,50+,53+,54-,55-,56-/m1/s1. The molecule has 1 unspecified atom stereocenters. The molecule has 19 heteroatoms. The van der Waals surface area contributed by atoms with Crippen LogP contribution in [0.1, 0.15) is 131 Å². The van der Waals surface area contributed by atoms with Gasteiger partial charge in [-0.1, -0.05) is 33.8 Å². The molecule has 3 fully saturated rings. The molecule has 0 spiro atoms. The lowest BCUT2D eigenvalue weighted by Crippen LogP contribution is -2.61. The Morgan fingerprint density at radius 3 is 2.25 bits per heavy atom. The van der Waals surface area contributed by atoms with E-state index in [9.17, 15) is 39.9 Å². The van der Waals surface area contributed by atoms with E-state index in [0.717, 1.165) is 12.0 Å². The number of aliphatic hydroxyl groups is 4. The summed E-state index contributed by atoms with van der Waals surface area (Å²) in [6.07, 6.45) is -4.60. The number of carboxylic acids is 1. The van der Waals surface area contributed by atoms with Crippen LogP contribution in [0.4, 0.5) is 0 Å². The predicted octanol–water partition coefficient (Wildman–Crippen LogP) is 5.00. The van der Waals surface area contributed by atoms with Crippen LogP contribution in [0.2, 0.25) is 0 Å². The number of aryl methyl sites for hydroxylation is 2. The molecule has 5 N–H and O–H groups in total. The highest BCUT2D eigenvalue weighted by molar-refractivity contribution is 5.92. The highest BCUT2D eigenvalue weighted by Gasteiger charge is 2.53. The number of aromatic carboxylic acids is 1. The number of likely N-dealkylation sites (N-methyl/N-ethyl adjacent to an activating group) is 2. The van der Waals surface area contributed by atoms with Crippen LogP contribution >= 0.6 is 0 Å². The first-order valence-electron chi connectivity index (χ1n) is 27.3. The summed E-state index contributed by atoms with van der Waals surface area (Å²) >= 11 is 0. The van der Waals surface area contributed by atoms with Crippen LogP contribution in [-0.4, -0.2) is 197 Å². The summed E-state index contributed by atoms with van der Waals surface area (Å²) in [5, 5.41) is 58.2. The third kappa shape index (κ3) is 15.0. The molecular weight excluding hydrogens is 971 g/mol. The Bertz CT molecular complexity index is 2220. The number of pyridine rings is 1. The zero-order chi connectivity index (χ0) is 55.9. The molecular formula is C56H93N3O16. The van der Waals surface area contributed by atoms with Crippen LogP contribution in [0.25, 0.3) is 10.9 Å². The fourth-order valence-electron chi connectivity index (χ4n) is 11.9. The predicted molar refractivity (Wildman–Crippen MR) is 283 cm³/mol. The first-order valence-corrected chi connectivity index (χ1v) is 27.3. The second-order valence-electron chi connectivity index (χ2n) is 22.9. The van der Waals surface area contributed by atoms with E-state index in [1.165, 1.54) is 13.1 Å². The van der Waals surface area contributed by atoms with Crippen LogP contribution in [-0.2, 0) is 55.7 Å². The Morgan fingerprint density at radius 2 is 1.63 bits per heavy atom. The normalized spacial score (nSPS) is 38.0. The first kappa shape index (κ1) is 62.7. The Hall–Kier alpha value is -3.15. The van der Waals surface area contributed by atoms with Gasteiger partial charge in [0, 0.05) is 62.8 Å². The number of rotatable bonds is 18. The van der Waals surface area contributed by atoms with Gasteiger partial charge in [-0.2, -0.15) is 0 Å². The van der Waals surface area contributed by atoms with E-state index in [1.54, 1.807) is 40.9 Å². The van der Waals surface area contributed by atoms with Gasteiger partial charge < -0.3 is 77.8 Å². The number of carboxylic acid groups (broad SMARTS) is 1. The lowest BCUT2D eigenvalue weighted by molar-refractivity contribution is -0.321. The smallest absolute Gasteiger partial charge is 0.341 e. The minimum atomic E-state index is -1.84. The Balaban J connectivity index is 1.35. The van der Waals surface area contributed by atoms with Crippen LogP contribution < -0.4 is 5.43 Å². The molecule has 19 nitrogen and oxygen atoms in total. The number of benzene rings is 1. The number of carbonyl (C=O) groups is 2. The van der Waals surface area contributed by atoms with Crippen molar-refractivity contribution in [1.29, 1.82) is 0 Å². The number of esters is 1. The molecule has 2 aromatic rings. The first-order chi connectivity index (χ1) is 35.1. The summed E-state index contributed by atoms with van der Waals surface area (Å²) in [6.45, 7) is 21.8. The number of aromatic nitrogens is 1. The Labute approximate surface area is 445 Å². The third-order valence-corrected chi connectivity index (χ3v) is 16.3. The van der Waals surface area contributed by atoms with Crippen LogP contribution in [0, 0.1) is 17.8 Å². The molecule has 0 aliphatic carbocycles. The number of ether oxygens (including phenoxy) is 8. The number of hydrogen-bond acceptors (Lipinski definition) is 17. The lowest BCUT2D eigenvalue weighted by atomic mass is 9.77. The zero-order valence-corrected chi connectivity index (χ0v) is 47.5. The van der Waals surface area contributed by atoms with E-state index in [-0.39, 0.29) is 56.1 Å². The molecule has 3 aliphatic heterocycles. The van der Waals surface area contributed by atoms with Gasteiger partial charge in [0.1, 0.15) is 35.6 Å². The quantitative estimate of drug-likeness (QED) is 0.0976. The number of methoxy groups -OCH3 is 1. The summed E-state index contributed by atoms with van der Waals surface area (Å²) in [6, 6.07) is 4.73. The molecule has 0 radical (unpaired) electrons. The summed E-state index contributed by atoms with van der Waals surface area (Å²) in [7, 11) is 7.20. The molecule has 4 heterocycles. The summed E-state index contributed by atoms with van der Waals surface area (Å²) < 4.78 is 53.3. The van der Waals surface area contributed by atoms with Gasteiger partial charge in [0.2, 0.25) is 5.43 Å². The van der Waals surface area contributed by atoms with Crippen molar-refractivity contribution >= 4 is 22.8 Å². The van der Waals surface area contributed by atoms with Gasteiger partial charge in [0.25, 0.3) is 0 Å². The minimum Gasteiger partial charge on any atom is -0.477 e. The maximum Gasteiger partial charge on any atom is 0.341 e. The maximum absolute atomic E-state index is 14.6. The second kappa shape index (κ2) is 26.7. The van der Waals surface area contributed by atoms with Crippen molar-refractivity contribution in [2.45, 2.75) is 218 Å². The van der Waals surface area contributed by atoms with E-state index in [0.29, 0.717) is 49.9 Å². The SMILES string of the molecule is CCCn1cc(C(=O)O)c(=O)c2cc(CCCOCCO[C@H]3[C@H](C)OC(O[C@H]4[C@H](C)[C@@H](O[C@@H]5O[C@H](C)C[C@H](N(C)C)[C@H]5O)[C@](C)(O)C[C@@H](C)CN(C)[C@H](C)[C@H](O)[C@](C)(O)[C@@H](CC)OC(=O)[C@@H]4C)C[C@@]3(C)OC)ccc21. The van der Waals surface area contributed by atoms with E-state index in [1.807, 2.05) is 89.2 Å². The second-order valence-corrected chi connectivity index (χ2v) is 22.9. The topological polar surface area (TPSA) is 238 Å². The van der Waals surface area contributed by atoms with Crippen LogP contribution in [0.3, 0.4) is 0 Å². The van der Waals surface area contributed by atoms with Gasteiger partial charge in [-0.3, -0.25) is 9.59 Å². The van der Waals surface area contributed by atoms with Crippen LogP contribution in [0.5, 0.6) is 0 Å². The fourth-order valence-corrected chi connectivity index (χ4v) is 11.9. The van der Waals surface area contributed by atoms with E-state index >= 15 is 0 Å². The van der Waals surface area contributed by atoms with Crippen molar-refractivity contribution in [1.82, 2.24) is 14.4 Å². The van der Waals surface area contributed by atoms with Gasteiger partial charge >= 0.3 is 11.9 Å². The molecule has 428 valence electrons. The minimum absolute atomic E-state index is 0.168. The maximum atomic E-state index is 14.6. The summed E-state index contributed by atoms with van der Waals surface area (Å²) in [5.74, 6) is -3.97. The molecule has 5 rings (SSSR count). The molecule has 18 atom stereocenters. The van der Waals surface area contributed by atoms with Crippen molar-refractivity contribution in [2.75, 3.05) is 54.6 Å². The van der Waals surface area contributed by atoms with Gasteiger partial charge in [-0.15, -0.1) is 0 Å². The number of nitrogens with zero attached hydrogens (tertiary/aromatic N) is 3. The Kier molecular flexibility index (Phi) is 22.3. The number of hydrogen-bond donors (Lipinski definition) is 5. The highest BCUT2D eigenvalue weighted by atomic mass is 16.7. The van der Waals surface area contributed by atoms with Gasteiger partial charge in [-0.05, 0) is 132 Å². The number of carbonyl (C=O) groups excluding carboxylic acids is 1. The lowest BCUT2D eigenvalue weighted by Gasteiger charge is -2.49. The zero-order valence-electron chi connectivity index (χ0n) is 47.5. The Morgan fingerprint density at radius 1 is 0.933 bits per heavy atom. The third-order valence-electron chi connectivity index (χ3n) is 16.3. The van der Waals surface area contributed by atoms with E-state index < -0.39 is 107 Å². The van der Waals surface area contributed by atoms with Crippen molar-refractivity contribution < 1.29 is 73.0 Å². The van der Waals surface area contributed by atoms with Gasteiger partial charge in [0.05, 0.1) is 60.3 Å². The molecule has 75 heavy (non-hydrogen) atoms. The van der Waals surface area contributed by atoms with Crippen molar-refractivity contribution in [3.8, 4) is 0 Å². The molecule has 1 aromatic carbocycles. The fraction of sp³-hybridized carbons (Fsp3) is 0.804. The molecule has 0 bridgehead atoms. The van der Waals surface area contributed by atoms with Crippen LogP contribution in [0.15, 0.2) is 29.2 Å². The average Bonchev–Trinajstić information content (AvgIpc) is 3.34. The molecule has 3 saturated heterocycles.